The summed E-state index contributed by atoms with van der Waals surface area (Å²) in [6.45, 7) is -0.379. The summed E-state index contributed by atoms with van der Waals surface area (Å²) in [5.74, 6) is -1.89. The van der Waals surface area contributed by atoms with Crippen molar-refractivity contribution >= 4 is 33.3 Å². The summed E-state index contributed by atoms with van der Waals surface area (Å²) in [7, 11) is 1.40. The predicted octanol–water partition coefficient (Wildman–Crippen LogP) is 2.20. The number of rotatable bonds is 3. The van der Waals surface area contributed by atoms with Crippen LogP contribution in [0.4, 0.5) is 4.39 Å². The van der Waals surface area contributed by atoms with Crippen LogP contribution in [-0.2, 0) is 4.79 Å². The number of amides is 1. The molecule has 0 unspecified atom stereocenters. The highest BCUT2D eigenvalue weighted by Crippen LogP contribution is 2.28. The molecule has 0 aliphatic rings. The Labute approximate surface area is 106 Å². The Kier molecular flexibility index (Phi) is 3.29. The monoisotopic (exact) mass is 267 g/mol. The number of aliphatic carboxylic acids is 1. The second-order valence-electron chi connectivity index (χ2n) is 3.82. The molecular formula is C12H10FNO3S. The standard InChI is InChI=1S/C12H10FNO3S/c1-14(6-11(15)16)12(17)10-5-7-8(13)3-2-4-9(7)18-10/h2-5H,6H2,1H3,(H,15,16). The molecule has 0 atom stereocenters. The maximum Gasteiger partial charge on any atom is 0.323 e. The van der Waals surface area contributed by atoms with Gasteiger partial charge in [0.25, 0.3) is 5.91 Å². The molecule has 4 nitrogen and oxygen atoms in total. The first-order chi connectivity index (χ1) is 8.49. The number of fused-ring (bicyclic) bond motifs is 1. The first-order valence-electron chi connectivity index (χ1n) is 5.14. The fourth-order valence-electron chi connectivity index (χ4n) is 1.59. The quantitative estimate of drug-likeness (QED) is 0.927. The number of benzene rings is 1. The van der Waals surface area contributed by atoms with E-state index in [1.807, 2.05) is 0 Å². The molecule has 0 aliphatic carbocycles. The number of likely N-dealkylation sites (N-methyl/N-ethyl adjacent to an activating group) is 1. The van der Waals surface area contributed by atoms with Crippen LogP contribution in [0, 0.1) is 5.82 Å². The van der Waals surface area contributed by atoms with Gasteiger partial charge in [0.15, 0.2) is 0 Å². The summed E-state index contributed by atoms with van der Waals surface area (Å²) in [4.78, 5) is 23.9. The first kappa shape index (κ1) is 12.5. The predicted molar refractivity (Wildman–Crippen MR) is 66.4 cm³/mol. The third-order valence-electron chi connectivity index (χ3n) is 2.44. The largest absolute Gasteiger partial charge is 0.480 e. The van der Waals surface area contributed by atoms with Crippen molar-refractivity contribution in [2.45, 2.75) is 0 Å². The van der Waals surface area contributed by atoms with Crippen LogP contribution in [0.2, 0.25) is 0 Å². The molecule has 18 heavy (non-hydrogen) atoms. The van der Waals surface area contributed by atoms with Crippen LogP contribution in [0.15, 0.2) is 24.3 Å². The van der Waals surface area contributed by atoms with E-state index in [4.69, 9.17) is 5.11 Å². The van der Waals surface area contributed by atoms with Gasteiger partial charge >= 0.3 is 5.97 Å². The molecule has 0 radical (unpaired) electrons. The molecule has 0 spiro atoms. The van der Waals surface area contributed by atoms with Gasteiger partial charge in [-0.15, -0.1) is 11.3 Å². The van der Waals surface area contributed by atoms with Crippen LogP contribution in [-0.4, -0.2) is 35.5 Å². The molecule has 1 N–H and O–H groups in total. The van der Waals surface area contributed by atoms with E-state index >= 15 is 0 Å². The number of hydrogen-bond donors (Lipinski definition) is 1. The van der Waals surface area contributed by atoms with Crippen LogP contribution in [0.1, 0.15) is 9.67 Å². The maximum absolute atomic E-state index is 13.5. The first-order valence-corrected chi connectivity index (χ1v) is 5.96. The minimum atomic E-state index is -1.09. The van der Waals surface area contributed by atoms with Gasteiger partial charge in [0.2, 0.25) is 0 Å². The Morgan fingerprint density at radius 2 is 2.17 bits per heavy atom. The average molecular weight is 267 g/mol. The number of carboxylic acid groups (broad SMARTS) is 1. The van der Waals surface area contributed by atoms with Gasteiger partial charge in [0.1, 0.15) is 12.4 Å². The van der Waals surface area contributed by atoms with Gasteiger partial charge in [-0.3, -0.25) is 9.59 Å². The van der Waals surface area contributed by atoms with Gasteiger partial charge < -0.3 is 10.0 Å². The number of carbonyl (C=O) groups excluding carboxylic acids is 1. The molecule has 0 bridgehead atoms. The molecule has 0 saturated carbocycles. The van der Waals surface area contributed by atoms with Gasteiger partial charge in [-0.2, -0.15) is 0 Å². The van der Waals surface area contributed by atoms with Crippen molar-refractivity contribution in [3.8, 4) is 0 Å². The van der Waals surface area contributed by atoms with E-state index in [0.717, 1.165) is 16.2 Å². The fourth-order valence-corrected chi connectivity index (χ4v) is 2.66. The Bertz CT molecular complexity index is 623. The Morgan fingerprint density at radius 3 is 2.78 bits per heavy atom. The summed E-state index contributed by atoms with van der Waals surface area (Å²) in [6.07, 6.45) is 0. The Balaban J connectivity index is 2.34. The lowest BCUT2D eigenvalue weighted by atomic mass is 10.2. The molecule has 2 aromatic rings. The smallest absolute Gasteiger partial charge is 0.323 e. The number of hydrogen-bond acceptors (Lipinski definition) is 3. The molecule has 0 fully saturated rings. The number of thiophene rings is 1. The van der Waals surface area contributed by atoms with Gasteiger partial charge in [-0.05, 0) is 18.2 Å². The second-order valence-corrected chi connectivity index (χ2v) is 4.90. The Hall–Kier alpha value is -1.95. The third kappa shape index (κ3) is 2.33. The third-order valence-corrected chi connectivity index (χ3v) is 3.53. The average Bonchev–Trinajstić information content (AvgIpc) is 2.72. The van der Waals surface area contributed by atoms with Crippen LogP contribution in [0.3, 0.4) is 0 Å². The van der Waals surface area contributed by atoms with E-state index < -0.39 is 11.9 Å². The van der Waals surface area contributed by atoms with E-state index in [-0.39, 0.29) is 12.4 Å². The summed E-state index contributed by atoms with van der Waals surface area (Å²) < 4.78 is 14.1. The zero-order valence-electron chi connectivity index (χ0n) is 9.51. The maximum atomic E-state index is 13.5. The van der Waals surface area contributed by atoms with Crippen LogP contribution in [0.25, 0.3) is 10.1 Å². The molecule has 1 amide bonds. The lowest BCUT2D eigenvalue weighted by Gasteiger charge is -2.12. The second kappa shape index (κ2) is 4.73. The lowest BCUT2D eigenvalue weighted by molar-refractivity contribution is -0.137. The van der Waals surface area contributed by atoms with E-state index in [9.17, 15) is 14.0 Å². The molecule has 2 rings (SSSR count). The highest BCUT2D eigenvalue weighted by atomic mass is 32.1. The lowest BCUT2D eigenvalue weighted by Crippen LogP contribution is -2.31. The molecule has 1 heterocycles. The van der Waals surface area contributed by atoms with Crippen molar-refractivity contribution in [3.63, 3.8) is 0 Å². The summed E-state index contributed by atoms with van der Waals surface area (Å²) in [6, 6.07) is 6.07. The zero-order chi connectivity index (χ0) is 13.3. The highest BCUT2D eigenvalue weighted by Gasteiger charge is 2.17. The summed E-state index contributed by atoms with van der Waals surface area (Å²) in [5.41, 5.74) is 0. The summed E-state index contributed by atoms with van der Waals surface area (Å²) in [5, 5.41) is 9.00. The number of halogens is 1. The van der Waals surface area contributed by atoms with Crippen LogP contribution in [0.5, 0.6) is 0 Å². The van der Waals surface area contributed by atoms with Crippen LogP contribution >= 0.6 is 11.3 Å². The van der Waals surface area contributed by atoms with E-state index in [1.54, 1.807) is 12.1 Å². The van der Waals surface area contributed by atoms with E-state index in [1.165, 1.54) is 19.2 Å². The Morgan fingerprint density at radius 1 is 1.44 bits per heavy atom. The molecule has 94 valence electrons. The molecule has 0 aliphatic heterocycles. The van der Waals surface area contributed by atoms with Crippen molar-refractivity contribution in [2.75, 3.05) is 13.6 Å². The SMILES string of the molecule is CN(CC(=O)O)C(=O)c1cc2c(F)cccc2s1. The minimum Gasteiger partial charge on any atom is -0.480 e. The van der Waals surface area contributed by atoms with Gasteiger partial charge in [-0.1, -0.05) is 6.07 Å². The van der Waals surface area contributed by atoms with Crippen LogP contribution < -0.4 is 0 Å². The van der Waals surface area contributed by atoms with Crippen molar-refractivity contribution in [1.29, 1.82) is 0 Å². The van der Waals surface area contributed by atoms with Crippen molar-refractivity contribution in [3.05, 3.63) is 35.0 Å². The number of carbonyl (C=O) groups is 2. The highest BCUT2D eigenvalue weighted by molar-refractivity contribution is 7.20. The fraction of sp³-hybridized carbons (Fsp3) is 0.167. The van der Waals surface area contributed by atoms with Crippen molar-refractivity contribution in [2.24, 2.45) is 0 Å². The number of nitrogens with zero attached hydrogens (tertiary/aromatic N) is 1. The van der Waals surface area contributed by atoms with Gasteiger partial charge in [0.05, 0.1) is 4.88 Å². The van der Waals surface area contributed by atoms with Crippen molar-refractivity contribution < 1.29 is 19.1 Å². The minimum absolute atomic E-state index is 0.332. The molecule has 1 aromatic carbocycles. The molecule has 6 heteroatoms. The molecule has 0 saturated heterocycles. The van der Waals surface area contributed by atoms with E-state index in [2.05, 4.69) is 0 Å². The van der Waals surface area contributed by atoms with E-state index in [0.29, 0.717) is 15.0 Å². The topological polar surface area (TPSA) is 57.6 Å². The zero-order valence-corrected chi connectivity index (χ0v) is 10.3. The normalized spacial score (nSPS) is 10.6. The summed E-state index contributed by atoms with van der Waals surface area (Å²) >= 11 is 1.15. The molecular weight excluding hydrogens is 257 g/mol. The van der Waals surface area contributed by atoms with Gasteiger partial charge in [-0.25, -0.2) is 4.39 Å². The van der Waals surface area contributed by atoms with Crippen molar-refractivity contribution in [1.82, 2.24) is 4.90 Å². The van der Waals surface area contributed by atoms with Gasteiger partial charge in [0, 0.05) is 17.1 Å². The number of carboxylic acids is 1. The molecule has 1 aromatic heterocycles.